The molecule has 0 radical (unpaired) electrons. The molecule has 0 bridgehead atoms. The summed E-state index contributed by atoms with van der Waals surface area (Å²) in [5.74, 6) is -0.0479. The first-order chi connectivity index (χ1) is 7.19. The van der Waals surface area contributed by atoms with E-state index in [4.69, 9.17) is 5.73 Å². The Bertz CT molecular complexity index is 265. The van der Waals surface area contributed by atoms with E-state index in [2.05, 4.69) is 0 Å². The Labute approximate surface area is 97.8 Å². The number of hydrogen-bond donors (Lipinski definition) is 2. The molecule has 0 unspecified atom stereocenters. The minimum Gasteiger partial charge on any atom is -0.386 e. The molecule has 0 aromatic heterocycles. The van der Waals surface area contributed by atoms with Crippen LogP contribution in [0.15, 0.2) is 0 Å². The molecule has 3 N–H and O–H groups in total. The van der Waals surface area contributed by atoms with Crippen LogP contribution in [0.5, 0.6) is 0 Å². The van der Waals surface area contributed by atoms with E-state index in [-0.39, 0.29) is 11.3 Å². The van der Waals surface area contributed by atoms with E-state index in [1.54, 1.807) is 4.90 Å². The van der Waals surface area contributed by atoms with Gasteiger partial charge in [0.1, 0.15) is 0 Å². The molecule has 1 atom stereocenters. The molecule has 1 fully saturated rings. The topological polar surface area (TPSA) is 66.6 Å². The highest BCUT2D eigenvalue weighted by Gasteiger charge is 2.45. The molecule has 0 aromatic rings. The van der Waals surface area contributed by atoms with E-state index in [9.17, 15) is 9.90 Å². The van der Waals surface area contributed by atoms with E-state index >= 15 is 0 Å². The lowest BCUT2D eigenvalue weighted by Gasteiger charge is -2.48. The molecule has 0 aliphatic carbocycles. The van der Waals surface area contributed by atoms with Gasteiger partial charge in [0.25, 0.3) is 0 Å². The van der Waals surface area contributed by atoms with Crippen LogP contribution in [0, 0.1) is 5.41 Å². The van der Waals surface area contributed by atoms with E-state index in [0.717, 1.165) is 12.8 Å². The maximum atomic E-state index is 12.0. The number of aliphatic hydroxyl groups is 1. The fraction of sp³-hybridized carbons (Fsp3) is 0.917. The first kappa shape index (κ1) is 13.5. The lowest BCUT2D eigenvalue weighted by atomic mass is 9.83. The molecule has 1 heterocycles. The fourth-order valence-electron chi connectivity index (χ4n) is 2.01. The molecule has 4 nitrogen and oxygen atoms in total. The third-order valence-electron chi connectivity index (χ3n) is 3.20. The minimum atomic E-state index is -0.665. The third kappa shape index (κ3) is 2.74. The van der Waals surface area contributed by atoms with Gasteiger partial charge in [-0.05, 0) is 11.8 Å². The Morgan fingerprint density at radius 1 is 1.50 bits per heavy atom. The Kier molecular flexibility index (Phi) is 3.65. The average Bonchev–Trinajstić information content (AvgIpc) is 2.10. The van der Waals surface area contributed by atoms with Crippen LogP contribution in [0.25, 0.3) is 0 Å². The van der Waals surface area contributed by atoms with E-state index in [0.29, 0.717) is 13.1 Å². The van der Waals surface area contributed by atoms with Crippen molar-refractivity contribution in [1.29, 1.82) is 0 Å². The Morgan fingerprint density at radius 3 is 2.38 bits per heavy atom. The molecule has 0 saturated carbocycles. The number of β-amino-alcohol motifs (C(OH)–C–C–N with tert-alkyl or cyclic N) is 1. The van der Waals surface area contributed by atoms with E-state index in [1.165, 1.54) is 0 Å². The van der Waals surface area contributed by atoms with Gasteiger partial charge in [-0.25, -0.2) is 0 Å². The second kappa shape index (κ2) is 4.34. The van der Waals surface area contributed by atoms with Gasteiger partial charge in [0.2, 0.25) is 5.91 Å². The number of nitrogens with zero attached hydrogens (tertiary/aromatic N) is 1. The van der Waals surface area contributed by atoms with Crippen molar-refractivity contribution in [2.24, 2.45) is 11.1 Å². The predicted molar refractivity (Wildman–Crippen MR) is 63.9 cm³/mol. The van der Waals surface area contributed by atoms with Gasteiger partial charge in [-0.15, -0.1) is 0 Å². The largest absolute Gasteiger partial charge is 0.386 e. The van der Waals surface area contributed by atoms with Crippen LogP contribution in [0.3, 0.4) is 0 Å². The smallest absolute Gasteiger partial charge is 0.240 e. The third-order valence-corrected chi connectivity index (χ3v) is 3.20. The molecule has 1 aliphatic rings. The first-order valence-corrected chi connectivity index (χ1v) is 5.96. The van der Waals surface area contributed by atoms with Crippen molar-refractivity contribution in [2.45, 2.75) is 52.2 Å². The number of carbonyl (C=O) groups is 1. The van der Waals surface area contributed by atoms with Crippen LogP contribution in [0.2, 0.25) is 0 Å². The highest BCUT2D eigenvalue weighted by molar-refractivity contribution is 5.83. The number of hydrogen-bond acceptors (Lipinski definition) is 3. The van der Waals surface area contributed by atoms with Crippen molar-refractivity contribution < 1.29 is 9.90 Å². The maximum Gasteiger partial charge on any atom is 0.240 e. The number of rotatable bonds is 3. The molecular weight excluding hydrogens is 204 g/mol. The zero-order valence-corrected chi connectivity index (χ0v) is 10.8. The lowest BCUT2D eigenvalue weighted by molar-refractivity contribution is -0.160. The summed E-state index contributed by atoms with van der Waals surface area (Å²) in [6.07, 6.45) is 1.69. The van der Waals surface area contributed by atoms with Gasteiger partial charge in [-0.2, -0.15) is 0 Å². The summed E-state index contributed by atoms with van der Waals surface area (Å²) in [6, 6.07) is -0.487. The molecule has 16 heavy (non-hydrogen) atoms. The summed E-state index contributed by atoms with van der Waals surface area (Å²) >= 11 is 0. The molecular formula is C12H24N2O2. The molecule has 1 saturated heterocycles. The van der Waals surface area contributed by atoms with Crippen LogP contribution >= 0.6 is 0 Å². The van der Waals surface area contributed by atoms with Gasteiger partial charge in [0.05, 0.1) is 24.7 Å². The van der Waals surface area contributed by atoms with E-state index < -0.39 is 11.6 Å². The number of nitrogens with two attached hydrogens (primary N) is 1. The summed E-state index contributed by atoms with van der Waals surface area (Å²) in [5, 5.41) is 9.98. The highest BCUT2D eigenvalue weighted by atomic mass is 16.3. The zero-order chi connectivity index (χ0) is 12.6. The normalized spacial score (nSPS) is 21.5. The standard InChI is InChI=1S/C12H24N2O2/c1-5-6-12(16)7-14(8-12)10(15)9(13)11(2,3)4/h9,16H,5-8,13H2,1-4H3/t9-/m1/s1. The van der Waals surface area contributed by atoms with Crippen molar-refractivity contribution in [3.63, 3.8) is 0 Å². The van der Waals surface area contributed by atoms with Crippen LogP contribution in [0.4, 0.5) is 0 Å². The van der Waals surface area contributed by atoms with Gasteiger partial charge in [0.15, 0.2) is 0 Å². The summed E-state index contributed by atoms with van der Waals surface area (Å²) in [4.78, 5) is 13.6. The van der Waals surface area contributed by atoms with Gasteiger partial charge in [-0.3, -0.25) is 4.79 Å². The van der Waals surface area contributed by atoms with Gasteiger partial charge >= 0.3 is 0 Å². The van der Waals surface area contributed by atoms with E-state index in [1.807, 2.05) is 27.7 Å². The van der Waals surface area contributed by atoms with Crippen LogP contribution in [-0.4, -0.2) is 40.6 Å². The molecule has 94 valence electrons. The predicted octanol–water partition coefficient (Wildman–Crippen LogP) is 0.733. The molecule has 0 aromatic carbocycles. The van der Waals surface area contributed by atoms with Crippen molar-refractivity contribution in [3.8, 4) is 0 Å². The van der Waals surface area contributed by atoms with Crippen LogP contribution in [0.1, 0.15) is 40.5 Å². The first-order valence-electron chi connectivity index (χ1n) is 5.96. The Morgan fingerprint density at radius 2 is 2.00 bits per heavy atom. The van der Waals surface area contributed by atoms with Gasteiger partial charge in [0, 0.05) is 0 Å². The van der Waals surface area contributed by atoms with Crippen LogP contribution in [-0.2, 0) is 4.79 Å². The molecule has 1 rings (SSSR count). The Hall–Kier alpha value is -0.610. The fourth-order valence-corrected chi connectivity index (χ4v) is 2.01. The molecule has 4 heteroatoms. The van der Waals surface area contributed by atoms with Gasteiger partial charge < -0.3 is 15.7 Å². The minimum absolute atomic E-state index is 0.0479. The number of carbonyl (C=O) groups excluding carboxylic acids is 1. The number of amides is 1. The van der Waals surface area contributed by atoms with Crippen molar-refractivity contribution in [2.75, 3.05) is 13.1 Å². The molecule has 1 amide bonds. The molecule has 0 spiro atoms. The summed E-state index contributed by atoms with van der Waals surface area (Å²) in [5.41, 5.74) is 5.00. The lowest BCUT2D eigenvalue weighted by Crippen LogP contribution is -2.67. The second-order valence-corrected chi connectivity index (χ2v) is 6.01. The monoisotopic (exact) mass is 228 g/mol. The van der Waals surface area contributed by atoms with Crippen LogP contribution < -0.4 is 5.73 Å². The summed E-state index contributed by atoms with van der Waals surface area (Å²) < 4.78 is 0. The van der Waals surface area contributed by atoms with Crippen molar-refractivity contribution >= 4 is 5.91 Å². The SMILES string of the molecule is CCCC1(O)CN(C(=O)[C@@H](N)C(C)(C)C)C1. The highest BCUT2D eigenvalue weighted by Crippen LogP contribution is 2.28. The summed E-state index contributed by atoms with van der Waals surface area (Å²) in [6.45, 7) is 8.75. The van der Waals surface area contributed by atoms with Crippen molar-refractivity contribution in [1.82, 2.24) is 4.90 Å². The van der Waals surface area contributed by atoms with Gasteiger partial charge in [-0.1, -0.05) is 34.1 Å². The molecule has 1 aliphatic heterocycles. The average molecular weight is 228 g/mol. The Balaban J connectivity index is 2.49. The maximum absolute atomic E-state index is 12.0. The van der Waals surface area contributed by atoms with Crippen molar-refractivity contribution in [3.05, 3.63) is 0 Å². The zero-order valence-electron chi connectivity index (χ0n) is 10.8. The quantitative estimate of drug-likeness (QED) is 0.748. The second-order valence-electron chi connectivity index (χ2n) is 6.01. The summed E-state index contributed by atoms with van der Waals surface area (Å²) in [7, 11) is 0. The number of likely N-dealkylation sites (tertiary alicyclic amines) is 1.